The fraction of sp³-hybridized carbons (Fsp3) is 0.571. The predicted octanol–water partition coefficient (Wildman–Crippen LogP) is 1.34. The van der Waals surface area contributed by atoms with Gasteiger partial charge in [0, 0.05) is 19.7 Å². The van der Waals surface area contributed by atoms with E-state index in [0.29, 0.717) is 24.7 Å². The number of ether oxygens (including phenoxy) is 1. The Morgan fingerprint density at radius 1 is 1.25 bits per heavy atom. The lowest BCUT2D eigenvalue weighted by atomic mass is 10.1. The summed E-state index contributed by atoms with van der Waals surface area (Å²) < 4.78 is 32.4. The maximum absolute atomic E-state index is 12.3. The van der Waals surface area contributed by atoms with Crippen LogP contribution >= 0.6 is 0 Å². The molecule has 6 heteroatoms. The molecule has 0 radical (unpaired) electrons. The molecule has 0 aliphatic heterocycles. The number of benzene rings is 1. The normalized spacial score (nSPS) is 11.8. The van der Waals surface area contributed by atoms with Crippen LogP contribution in [0.1, 0.15) is 23.6 Å². The van der Waals surface area contributed by atoms with Gasteiger partial charge in [0.1, 0.15) is 0 Å². The van der Waals surface area contributed by atoms with Crippen LogP contribution in [0.4, 0.5) is 0 Å². The molecule has 0 saturated heterocycles. The van der Waals surface area contributed by atoms with Crippen molar-refractivity contribution in [3.05, 3.63) is 28.8 Å². The minimum atomic E-state index is -3.49. The summed E-state index contributed by atoms with van der Waals surface area (Å²) in [5.74, 6) is 0. The molecule has 0 fully saturated rings. The zero-order chi connectivity index (χ0) is 15.2. The fourth-order valence-electron chi connectivity index (χ4n) is 1.95. The summed E-state index contributed by atoms with van der Waals surface area (Å²) in [6.07, 6.45) is 0. The molecule has 0 aliphatic rings. The quantitative estimate of drug-likeness (QED) is 0.711. The number of sulfonamides is 1. The van der Waals surface area contributed by atoms with Gasteiger partial charge >= 0.3 is 0 Å². The average Bonchev–Trinajstić information content (AvgIpc) is 2.39. The minimum absolute atomic E-state index is 0.283. The van der Waals surface area contributed by atoms with Gasteiger partial charge in [-0.25, -0.2) is 13.1 Å². The van der Waals surface area contributed by atoms with Gasteiger partial charge in [-0.2, -0.15) is 0 Å². The van der Waals surface area contributed by atoms with E-state index in [1.165, 1.54) is 0 Å². The minimum Gasteiger partial charge on any atom is -0.380 e. The molecule has 0 heterocycles. The molecule has 1 rings (SSSR count). The second-order valence-corrected chi connectivity index (χ2v) is 6.40. The number of hydrogen-bond acceptors (Lipinski definition) is 4. The molecule has 0 unspecified atom stereocenters. The third-order valence-corrected chi connectivity index (χ3v) is 4.68. The van der Waals surface area contributed by atoms with Crippen molar-refractivity contribution < 1.29 is 13.2 Å². The van der Waals surface area contributed by atoms with Crippen molar-refractivity contribution in [2.45, 2.75) is 32.2 Å². The summed E-state index contributed by atoms with van der Waals surface area (Å²) in [5.41, 5.74) is 2.72. The second-order valence-electron chi connectivity index (χ2n) is 4.66. The van der Waals surface area contributed by atoms with Gasteiger partial charge in [0.05, 0.1) is 11.5 Å². The van der Waals surface area contributed by atoms with Crippen LogP contribution in [-0.2, 0) is 21.3 Å². The first-order chi connectivity index (χ1) is 9.42. The highest BCUT2D eigenvalue weighted by Gasteiger charge is 2.18. The summed E-state index contributed by atoms with van der Waals surface area (Å²) in [6, 6.07) is 3.73. The van der Waals surface area contributed by atoms with Crippen LogP contribution in [0.3, 0.4) is 0 Å². The largest absolute Gasteiger partial charge is 0.380 e. The Kier molecular flexibility index (Phi) is 6.61. The van der Waals surface area contributed by atoms with Crippen LogP contribution in [0.5, 0.6) is 0 Å². The van der Waals surface area contributed by atoms with E-state index in [1.807, 2.05) is 33.9 Å². The molecule has 0 saturated carbocycles. The fourth-order valence-corrected chi connectivity index (χ4v) is 3.33. The van der Waals surface area contributed by atoms with Crippen molar-refractivity contribution in [1.29, 1.82) is 0 Å². The van der Waals surface area contributed by atoms with Crippen molar-refractivity contribution in [3.8, 4) is 0 Å². The van der Waals surface area contributed by atoms with Crippen LogP contribution < -0.4 is 10.0 Å². The molecule has 5 nitrogen and oxygen atoms in total. The zero-order valence-electron chi connectivity index (χ0n) is 12.6. The summed E-state index contributed by atoms with van der Waals surface area (Å²) in [5, 5.41) is 3.03. The van der Waals surface area contributed by atoms with E-state index in [0.717, 1.165) is 16.7 Å². The Labute approximate surface area is 121 Å². The van der Waals surface area contributed by atoms with Gasteiger partial charge in [0.15, 0.2) is 0 Å². The van der Waals surface area contributed by atoms with Crippen LogP contribution in [-0.4, -0.2) is 35.2 Å². The van der Waals surface area contributed by atoms with Crippen molar-refractivity contribution in [2.75, 3.05) is 26.8 Å². The lowest BCUT2D eigenvalue weighted by molar-refractivity contribution is 0.153. The highest BCUT2D eigenvalue weighted by Crippen LogP contribution is 2.21. The molecule has 2 N–H and O–H groups in total. The summed E-state index contributed by atoms with van der Waals surface area (Å²) in [6.45, 7) is 7.52. The molecule has 0 aromatic heterocycles. The Balaban J connectivity index is 2.98. The highest BCUT2D eigenvalue weighted by molar-refractivity contribution is 7.89. The molecule has 0 spiro atoms. The van der Waals surface area contributed by atoms with E-state index in [9.17, 15) is 8.42 Å². The number of aryl methyl sites for hydroxylation is 1. The lowest BCUT2D eigenvalue weighted by Crippen LogP contribution is -2.28. The first-order valence-electron chi connectivity index (χ1n) is 6.74. The van der Waals surface area contributed by atoms with Crippen molar-refractivity contribution in [3.63, 3.8) is 0 Å². The zero-order valence-corrected chi connectivity index (χ0v) is 13.4. The van der Waals surface area contributed by atoms with Gasteiger partial charge in [-0.05, 0) is 50.6 Å². The van der Waals surface area contributed by atoms with E-state index in [-0.39, 0.29) is 6.54 Å². The van der Waals surface area contributed by atoms with E-state index >= 15 is 0 Å². The van der Waals surface area contributed by atoms with Gasteiger partial charge in [0.2, 0.25) is 10.0 Å². The van der Waals surface area contributed by atoms with Gasteiger partial charge < -0.3 is 10.1 Å². The van der Waals surface area contributed by atoms with Crippen molar-refractivity contribution >= 4 is 10.0 Å². The van der Waals surface area contributed by atoms with Gasteiger partial charge in [-0.1, -0.05) is 6.07 Å². The summed E-state index contributed by atoms with van der Waals surface area (Å²) in [4.78, 5) is 0.347. The Morgan fingerprint density at radius 2 is 1.95 bits per heavy atom. The third-order valence-electron chi connectivity index (χ3n) is 3.09. The topological polar surface area (TPSA) is 67.4 Å². The number of hydrogen-bond donors (Lipinski definition) is 2. The standard InChI is InChI=1S/C14H24N2O3S/c1-5-19-7-6-16-20(17,18)14-9-13(10-15-4)8-11(2)12(14)3/h8-9,15-16H,5-7,10H2,1-4H3. The van der Waals surface area contributed by atoms with Gasteiger partial charge in [-0.15, -0.1) is 0 Å². The van der Waals surface area contributed by atoms with Gasteiger partial charge in [-0.3, -0.25) is 0 Å². The van der Waals surface area contributed by atoms with Crippen LogP contribution in [0, 0.1) is 13.8 Å². The number of nitrogens with one attached hydrogen (secondary N) is 2. The van der Waals surface area contributed by atoms with Crippen LogP contribution in [0.2, 0.25) is 0 Å². The average molecular weight is 300 g/mol. The van der Waals surface area contributed by atoms with Crippen LogP contribution in [0.25, 0.3) is 0 Å². The van der Waals surface area contributed by atoms with E-state index in [2.05, 4.69) is 10.0 Å². The molecular weight excluding hydrogens is 276 g/mol. The summed E-state index contributed by atoms with van der Waals surface area (Å²) >= 11 is 0. The number of rotatable bonds is 8. The predicted molar refractivity (Wildman–Crippen MR) is 80.4 cm³/mol. The van der Waals surface area contributed by atoms with Crippen LogP contribution in [0.15, 0.2) is 17.0 Å². The molecular formula is C14H24N2O3S. The SMILES string of the molecule is CCOCCNS(=O)(=O)c1cc(CNC)cc(C)c1C. The molecule has 1 aromatic carbocycles. The smallest absolute Gasteiger partial charge is 0.240 e. The maximum atomic E-state index is 12.3. The Hall–Kier alpha value is -0.950. The Morgan fingerprint density at radius 3 is 2.55 bits per heavy atom. The van der Waals surface area contributed by atoms with Crippen molar-refractivity contribution in [1.82, 2.24) is 10.0 Å². The molecule has 0 aliphatic carbocycles. The van der Waals surface area contributed by atoms with E-state index in [1.54, 1.807) is 6.07 Å². The van der Waals surface area contributed by atoms with E-state index in [4.69, 9.17) is 4.74 Å². The summed E-state index contributed by atoms with van der Waals surface area (Å²) in [7, 11) is -1.66. The first kappa shape index (κ1) is 17.1. The molecule has 0 bridgehead atoms. The molecule has 20 heavy (non-hydrogen) atoms. The Bertz CT molecular complexity index is 542. The third kappa shape index (κ3) is 4.56. The second kappa shape index (κ2) is 7.73. The molecule has 1 aromatic rings. The monoisotopic (exact) mass is 300 g/mol. The molecule has 0 amide bonds. The molecule has 0 atom stereocenters. The van der Waals surface area contributed by atoms with Gasteiger partial charge in [0.25, 0.3) is 0 Å². The highest BCUT2D eigenvalue weighted by atomic mass is 32.2. The van der Waals surface area contributed by atoms with E-state index < -0.39 is 10.0 Å². The molecule has 114 valence electrons. The van der Waals surface area contributed by atoms with Crippen molar-refractivity contribution in [2.24, 2.45) is 0 Å². The lowest BCUT2D eigenvalue weighted by Gasteiger charge is -2.13. The first-order valence-corrected chi connectivity index (χ1v) is 8.22. The maximum Gasteiger partial charge on any atom is 0.240 e.